The number of anilines is 1. The van der Waals surface area contributed by atoms with Gasteiger partial charge in [0.05, 0.1) is 0 Å². The molecule has 16 heavy (non-hydrogen) atoms. The molecule has 90 valence electrons. The second-order valence-corrected chi connectivity index (χ2v) is 5.02. The summed E-state index contributed by atoms with van der Waals surface area (Å²) in [7, 11) is 0. The van der Waals surface area contributed by atoms with Crippen molar-refractivity contribution in [2.24, 2.45) is 5.92 Å². The van der Waals surface area contributed by atoms with Gasteiger partial charge < -0.3 is 16.9 Å². The molecule has 1 aromatic heterocycles. The van der Waals surface area contributed by atoms with Crippen LogP contribution in [0.15, 0.2) is 0 Å². The number of hydrogen-bond acceptors (Lipinski definition) is 5. The van der Waals surface area contributed by atoms with Crippen LogP contribution in [-0.4, -0.2) is 28.0 Å². The molecule has 1 saturated heterocycles. The lowest BCUT2D eigenvalue weighted by Crippen LogP contribution is -2.43. The van der Waals surface area contributed by atoms with Crippen LogP contribution in [0.5, 0.6) is 0 Å². The summed E-state index contributed by atoms with van der Waals surface area (Å²) in [5.41, 5.74) is 5.51. The molecule has 0 spiro atoms. The molecule has 5 N–H and O–H groups in total. The van der Waals surface area contributed by atoms with Gasteiger partial charge in [-0.2, -0.15) is 0 Å². The molecule has 0 saturated carbocycles. The van der Waals surface area contributed by atoms with Crippen LogP contribution in [0.3, 0.4) is 0 Å². The fraction of sp³-hybridized carbons (Fsp3) is 0.800. The Balaban J connectivity index is 2.26. The summed E-state index contributed by atoms with van der Waals surface area (Å²) >= 11 is 0. The third kappa shape index (κ3) is 1.73. The first-order valence-corrected chi connectivity index (χ1v) is 5.70. The number of nitrogens with zero attached hydrogens (tertiary/aromatic N) is 3. The van der Waals surface area contributed by atoms with Crippen LogP contribution in [0.25, 0.3) is 0 Å². The molecule has 0 radical (unpaired) electrons. The van der Waals surface area contributed by atoms with Crippen molar-refractivity contribution in [3.63, 3.8) is 0 Å². The summed E-state index contributed by atoms with van der Waals surface area (Å²) < 4.78 is 1.40. The van der Waals surface area contributed by atoms with Gasteiger partial charge in [0.1, 0.15) is 0 Å². The van der Waals surface area contributed by atoms with E-state index in [2.05, 4.69) is 29.4 Å². The molecule has 0 aliphatic carbocycles. The molecule has 6 nitrogen and oxygen atoms in total. The maximum absolute atomic E-state index is 5.84. The molecule has 0 amide bonds. The predicted octanol–water partition coefficient (Wildman–Crippen LogP) is -0.149. The third-order valence-corrected chi connectivity index (χ3v) is 3.62. The van der Waals surface area contributed by atoms with Gasteiger partial charge in [0.25, 0.3) is 0 Å². The molecule has 1 aliphatic rings. The Labute approximate surface area is 95.4 Å². The monoisotopic (exact) mass is 224 g/mol. The molecular formula is C10H20N6. The zero-order valence-corrected chi connectivity index (χ0v) is 9.90. The van der Waals surface area contributed by atoms with Crippen molar-refractivity contribution in [1.29, 1.82) is 0 Å². The van der Waals surface area contributed by atoms with Gasteiger partial charge >= 0.3 is 0 Å². The first kappa shape index (κ1) is 11.2. The smallest absolute Gasteiger partial charge is 0.240 e. The second-order valence-electron chi connectivity index (χ2n) is 5.02. The van der Waals surface area contributed by atoms with Crippen molar-refractivity contribution in [1.82, 2.24) is 20.2 Å². The van der Waals surface area contributed by atoms with Crippen LogP contribution in [0.1, 0.15) is 32.5 Å². The minimum Gasteiger partial charge on any atom is -0.366 e. The highest BCUT2D eigenvalue weighted by Gasteiger charge is 2.36. The Morgan fingerprint density at radius 2 is 2.19 bits per heavy atom. The number of piperidine rings is 1. The SMILES string of the molecule is CC(C)(c1nnc(N)n1N)C1CCCNC1. The summed E-state index contributed by atoms with van der Waals surface area (Å²) in [6, 6.07) is 0. The van der Waals surface area contributed by atoms with Gasteiger partial charge in [-0.05, 0) is 31.8 Å². The van der Waals surface area contributed by atoms with Crippen molar-refractivity contribution in [3.8, 4) is 0 Å². The molecule has 1 aliphatic heterocycles. The number of nitrogens with two attached hydrogens (primary N) is 2. The number of hydrogen-bond donors (Lipinski definition) is 3. The lowest BCUT2D eigenvalue weighted by atomic mass is 9.74. The number of nitrogen functional groups attached to an aromatic ring is 2. The standard InChI is InChI=1S/C10H20N6/c1-10(2,7-4-3-5-13-6-7)8-14-15-9(11)16(8)12/h7,13H,3-6,12H2,1-2H3,(H2,11,15). The van der Waals surface area contributed by atoms with Crippen molar-refractivity contribution >= 4 is 5.95 Å². The molecule has 6 heteroatoms. The van der Waals surface area contributed by atoms with E-state index in [-0.39, 0.29) is 11.4 Å². The van der Waals surface area contributed by atoms with Crippen LogP contribution in [-0.2, 0) is 5.41 Å². The fourth-order valence-corrected chi connectivity index (χ4v) is 2.39. The van der Waals surface area contributed by atoms with E-state index in [4.69, 9.17) is 11.6 Å². The van der Waals surface area contributed by atoms with E-state index in [0.29, 0.717) is 5.92 Å². The van der Waals surface area contributed by atoms with E-state index in [0.717, 1.165) is 18.9 Å². The highest BCUT2D eigenvalue weighted by Crippen LogP contribution is 2.34. The Morgan fingerprint density at radius 3 is 2.69 bits per heavy atom. The van der Waals surface area contributed by atoms with Gasteiger partial charge in [-0.15, -0.1) is 10.2 Å². The van der Waals surface area contributed by atoms with Gasteiger partial charge in [-0.3, -0.25) is 0 Å². The molecule has 0 aromatic carbocycles. The van der Waals surface area contributed by atoms with Crippen molar-refractivity contribution in [2.45, 2.75) is 32.1 Å². The molecule has 2 rings (SSSR count). The van der Waals surface area contributed by atoms with Gasteiger partial charge in [0.15, 0.2) is 5.82 Å². The van der Waals surface area contributed by atoms with Crippen molar-refractivity contribution in [3.05, 3.63) is 5.82 Å². The lowest BCUT2D eigenvalue weighted by Gasteiger charge is -2.36. The highest BCUT2D eigenvalue weighted by molar-refractivity contribution is 5.22. The predicted molar refractivity (Wildman–Crippen MR) is 63.2 cm³/mol. The molecule has 2 heterocycles. The number of aromatic nitrogens is 3. The zero-order chi connectivity index (χ0) is 11.8. The molecule has 1 unspecified atom stereocenters. The lowest BCUT2D eigenvalue weighted by molar-refractivity contribution is 0.238. The van der Waals surface area contributed by atoms with Gasteiger partial charge in [-0.25, -0.2) is 4.68 Å². The minimum atomic E-state index is -0.104. The summed E-state index contributed by atoms with van der Waals surface area (Å²) in [5.74, 6) is 7.40. The number of rotatable bonds is 2. The van der Waals surface area contributed by atoms with Crippen LogP contribution < -0.4 is 16.9 Å². The Kier molecular flexibility index (Phi) is 2.75. The summed E-state index contributed by atoms with van der Waals surface area (Å²) in [4.78, 5) is 0. The van der Waals surface area contributed by atoms with E-state index in [1.807, 2.05) is 0 Å². The van der Waals surface area contributed by atoms with Crippen molar-refractivity contribution in [2.75, 3.05) is 24.7 Å². The largest absolute Gasteiger partial charge is 0.366 e. The van der Waals surface area contributed by atoms with E-state index >= 15 is 0 Å². The highest BCUT2D eigenvalue weighted by atomic mass is 15.4. The van der Waals surface area contributed by atoms with Crippen molar-refractivity contribution < 1.29 is 0 Å². The molecule has 1 atom stereocenters. The second kappa shape index (κ2) is 3.93. The van der Waals surface area contributed by atoms with Crippen LogP contribution in [0.2, 0.25) is 0 Å². The van der Waals surface area contributed by atoms with Gasteiger partial charge in [0.2, 0.25) is 5.95 Å². The quantitative estimate of drug-likeness (QED) is 0.607. The van der Waals surface area contributed by atoms with Gasteiger partial charge in [-0.1, -0.05) is 13.8 Å². The summed E-state index contributed by atoms with van der Waals surface area (Å²) in [6.45, 7) is 6.40. The zero-order valence-electron chi connectivity index (χ0n) is 9.90. The molecule has 1 fully saturated rings. The Bertz CT molecular complexity index is 363. The first-order valence-electron chi connectivity index (χ1n) is 5.70. The Hall–Kier alpha value is -1.30. The van der Waals surface area contributed by atoms with Crippen LogP contribution in [0.4, 0.5) is 5.95 Å². The molecule has 0 bridgehead atoms. The summed E-state index contributed by atoms with van der Waals surface area (Å²) in [6.07, 6.45) is 2.38. The van der Waals surface area contributed by atoms with Gasteiger partial charge in [0, 0.05) is 5.41 Å². The average molecular weight is 224 g/mol. The fourth-order valence-electron chi connectivity index (χ4n) is 2.39. The molecule has 1 aromatic rings. The number of nitrogens with one attached hydrogen (secondary N) is 1. The van der Waals surface area contributed by atoms with E-state index < -0.39 is 0 Å². The first-order chi connectivity index (χ1) is 7.53. The maximum Gasteiger partial charge on any atom is 0.240 e. The van der Waals surface area contributed by atoms with E-state index in [9.17, 15) is 0 Å². The summed E-state index contributed by atoms with van der Waals surface area (Å²) in [5, 5.41) is 11.3. The van der Waals surface area contributed by atoms with Crippen LogP contribution in [0, 0.1) is 5.92 Å². The normalized spacial score (nSPS) is 22.2. The van der Waals surface area contributed by atoms with E-state index in [1.165, 1.54) is 17.5 Å². The average Bonchev–Trinajstić information content (AvgIpc) is 2.61. The topological polar surface area (TPSA) is 94.8 Å². The molecular weight excluding hydrogens is 204 g/mol. The van der Waals surface area contributed by atoms with Crippen LogP contribution >= 0.6 is 0 Å². The Morgan fingerprint density at radius 1 is 1.44 bits per heavy atom. The minimum absolute atomic E-state index is 0.104. The van der Waals surface area contributed by atoms with E-state index in [1.54, 1.807) is 0 Å². The third-order valence-electron chi connectivity index (χ3n) is 3.62. The maximum atomic E-state index is 5.84.